The number of aromatic nitrogens is 2. The van der Waals surface area contributed by atoms with Gasteiger partial charge in [-0.3, -0.25) is 10.3 Å². The van der Waals surface area contributed by atoms with Gasteiger partial charge in [0.15, 0.2) is 5.82 Å². The van der Waals surface area contributed by atoms with E-state index < -0.39 is 5.60 Å². The second-order valence-corrected chi connectivity index (χ2v) is 10.5. The van der Waals surface area contributed by atoms with Crippen LogP contribution in [0.15, 0.2) is 34.1 Å². The summed E-state index contributed by atoms with van der Waals surface area (Å²) in [5.41, 5.74) is 6.30. The molecule has 10 nitrogen and oxygen atoms in total. The molecule has 1 fully saturated rings. The Morgan fingerprint density at radius 2 is 1.90 bits per heavy atom. The number of hydrazone groups is 1. The lowest BCUT2D eigenvalue weighted by Crippen LogP contribution is -2.38. The molecule has 0 amide bonds. The summed E-state index contributed by atoms with van der Waals surface area (Å²) in [4.78, 5) is 14.1. The number of methoxy groups -OCH3 is 2. The Morgan fingerprint density at radius 1 is 1.13 bits per heavy atom. The molecule has 3 aliphatic rings. The van der Waals surface area contributed by atoms with Crippen molar-refractivity contribution in [2.75, 3.05) is 77.1 Å². The fourth-order valence-electron chi connectivity index (χ4n) is 5.41. The molecule has 1 aromatic heterocycles. The molecule has 1 atom stereocenters. The van der Waals surface area contributed by atoms with E-state index in [2.05, 4.69) is 47.1 Å². The van der Waals surface area contributed by atoms with Gasteiger partial charge < -0.3 is 23.8 Å². The lowest BCUT2D eigenvalue weighted by Gasteiger charge is -2.37. The van der Waals surface area contributed by atoms with Gasteiger partial charge in [0.05, 0.1) is 26.0 Å². The van der Waals surface area contributed by atoms with E-state index in [0.717, 1.165) is 102 Å². The van der Waals surface area contributed by atoms with Gasteiger partial charge in [0.25, 0.3) is 0 Å². The number of ether oxygens (including phenoxy) is 4. The summed E-state index contributed by atoms with van der Waals surface area (Å²) in [6, 6.07) is 2.35. The van der Waals surface area contributed by atoms with Crippen molar-refractivity contribution < 1.29 is 18.9 Å². The largest absolute Gasteiger partial charge is 0.498 e. The Balaban J connectivity index is 1.55. The van der Waals surface area contributed by atoms with Gasteiger partial charge >= 0.3 is 6.01 Å². The number of morpholine rings is 1. The molecule has 1 N–H and O–H groups in total. The van der Waals surface area contributed by atoms with Crippen molar-refractivity contribution in [2.45, 2.75) is 64.9 Å². The van der Waals surface area contributed by atoms with Crippen molar-refractivity contribution in [1.82, 2.24) is 14.9 Å². The SMILES string of the molecule is CCCN(CCC)c1cc(N/N=C2\CCCC3=C2CC(C)(OC)C(OC)=C3)nc(OCCN2CCOCC2)n1. The summed E-state index contributed by atoms with van der Waals surface area (Å²) in [5.74, 6) is 2.36. The van der Waals surface area contributed by atoms with Gasteiger partial charge in [-0.05, 0) is 56.3 Å². The highest BCUT2D eigenvalue weighted by molar-refractivity contribution is 6.02. The molecule has 1 aromatic rings. The first-order valence-electron chi connectivity index (χ1n) is 14.4. The predicted molar refractivity (Wildman–Crippen MR) is 155 cm³/mol. The van der Waals surface area contributed by atoms with Crippen molar-refractivity contribution in [3.63, 3.8) is 0 Å². The Labute approximate surface area is 233 Å². The highest BCUT2D eigenvalue weighted by atomic mass is 16.5. The highest BCUT2D eigenvalue weighted by Gasteiger charge is 2.38. The molecule has 216 valence electrons. The molecular formula is C29H46N6O4. The summed E-state index contributed by atoms with van der Waals surface area (Å²) in [6.45, 7) is 13.0. The van der Waals surface area contributed by atoms with Crippen molar-refractivity contribution in [2.24, 2.45) is 5.10 Å². The van der Waals surface area contributed by atoms with Crippen molar-refractivity contribution >= 4 is 17.3 Å². The van der Waals surface area contributed by atoms with E-state index in [0.29, 0.717) is 18.4 Å². The van der Waals surface area contributed by atoms with Gasteiger partial charge in [-0.2, -0.15) is 15.1 Å². The van der Waals surface area contributed by atoms with E-state index in [9.17, 15) is 0 Å². The summed E-state index contributed by atoms with van der Waals surface area (Å²) < 4.78 is 23.1. The molecule has 1 saturated heterocycles. The van der Waals surface area contributed by atoms with Crippen LogP contribution in [-0.4, -0.2) is 92.9 Å². The van der Waals surface area contributed by atoms with Gasteiger partial charge in [-0.1, -0.05) is 13.8 Å². The number of hydrogen-bond donors (Lipinski definition) is 1. The summed E-state index contributed by atoms with van der Waals surface area (Å²) in [5, 5.41) is 4.87. The average Bonchev–Trinajstić information content (AvgIpc) is 2.96. The number of rotatable bonds is 13. The van der Waals surface area contributed by atoms with E-state index >= 15 is 0 Å². The van der Waals surface area contributed by atoms with Gasteiger partial charge in [-0.25, -0.2) is 0 Å². The maximum absolute atomic E-state index is 6.07. The lowest BCUT2D eigenvalue weighted by molar-refractivity contribution is -0.00562. The first-order valence-corrected chi connectivity index (χ1v) is 14.4. The van der Waals surface area contributed by atoms with E-state index in [4.69, 9.17) is 29.0 Å². The Hall–Kier alpha value is -2.69. The third-order valence-electron chi connectivity index (χ3n) is 7.66. The van der Waals surface area contributed by atoms with Crippen LogP contribution in [0, 0.1) is 0 Å². The smallest absolute Gasteiger partial charge is 0.320 e. The molecule has 2 heterocycles. The normalized spacial score (nSPS) is 22.9. The molecule has 39 heavy (non-hydrogen) atoms. The van der Waals surface area contributed by atoms with Crippen LogP contribution < -0.4 is 15.1 Å². The fraction of sp³-hybridized carbons (Fsp3) is 0.690. The zero-order chi connectivity index (χ0) is 27.7. The van der Waals surface area contributed by atoms with Crippen LogP contribution in [0.25, 0.3) is 0 Å². The molecule has 0 spiro atoms. The molecule has 1 aliphatic heterocycles. The molecular weight excluding hydrogens is 496 g/mol. The Kier molecular flexibility index (Phi) is 10.6. The minimum atomic E-state index is -0.504. The van der Waals surface area contributed by atoms with Crippen LogP contribution in [0.5, 0.6) is 6.01 Å². The maximum Gasteiger partial charge on any atom is 0.320 e. The molecule has 0 aromatic carbocycles. The topological polar surface area (TPSA) is 93.6 Å². The lowest BCUT2D eigenvalue weighted by atomic mass is 9.78. The molecule has 0 bridgehead atoms. The third-order valence-corrected chi connectivity index (χ3v) is 7.66. The zero-order valence-corrected chi connectivity index (χ0v) is 24.4. The number of nitrogens with one attached hydrogen (secondary N) is 1. The molecule has 4 rings (SSSR count). The fourth-order valence-corrected chi connectivity index (χ4v) is 5.41. The van der Waals surface area contributed by atoms with Crippen LogP contribution in [-0.2, 0) is 14.2 Å². The number of hydrogen-bond acceptors (Lipinski definition) is 10. The van der Waals surface area contributed by atoms with Gasteiger partial charge in [0.2, 0.25) is 0 Å². The Morgan fingerprint density at radius 3 is 2.59 bits per heavy atom. The Bertz CT molecular complexity index is 1050. The zero-order valence-electron chi connectivity index (χ0n) is 24.4. The minimum Gasteiger partial charge on any atom is -0.498 e. The second kappa shape index (κ2) is 14.1. The highest BCUT2D eigenvalue weighted by Crippen LogP contribution is 2.40. The number of allylic oxidation sites excluding steroid dienone is 2. The van der Waals surface area contributed by atoms with Crippen molar-refractivity contribution in [1.29, 1.82) is 0 Å². The van der Waals surface area contributed by atoms with Gasteiger partial charge in [0, 0.05) is 52.3 Å². The van der Waals surface area contributed by atoms with Gasteiger partial charge in [-0.15, -0.1) is 0 Å². The van der Waals surface area contributed by atoms with E-state index in [1.807, 2.05) is 6.07 Å². The quantitative estimate of drug-likeness (QED) is 0.364. The van der Waals surface area contributed by atoms with Crippen LogP contribution in [0.1, 0.15) is 59.3 Å². The average molecular weight is 543 g/mol. The van der Waals surface area contributed by atoms with Crippen molar-refractivity contribution in [3.8, 4) is 6.01 Å². The standard InChI is InChI=1S/C29H46N6O4/c1-6-11-35(12-7-2)27-20-26(30-28(31-27)39-18-15-34-13-16-38-17-14-34)33-32-24-10-8-9-22-19-25(36-4)29(3,37-5)21-23(22)24/h19-20H,6-18,21H2,1-5H3,(H,30,31,33)/b32-24+. The summed E-state index contributed by atoms with van der Waals surface area (Å²) in [7, 11) is 3.44. The summed E-state index contributed by atoms with van der Waals surface area (Å²) in [6.07, 6.45) is 7.90. The number of anilines is 2. The third kappa shape index (κ3) is 7.49. The van der Waals surface area contributed by atoms with Gasteiger partial charge in [0.1, 0.15) is 23.8 Å². The minimum absolute atomic E-state index is 0.376. The van der Waals surface area contributed by atoms with Crippen molar-refractivity contribution in [3.05, 3.63) is 29.0 Å². The monoisotopic (exact) mass is 542 g/mol. The van der Waals surface area contributed by atoms with Crippen LogP contribution in [0.3, 0.4) is 0 Å². The molecule has 0 radical (unpaired) electrons. The van der Waals surface area contributed by atoms with E-state index in [1.165, 1.54) is 11.1 Å². The first-order chi connectivity index (χ1) is 19.0. The predicted octanol–water partition coefficient (Wildman–Crippen LogP) is 4.40. The van der Waals surface area contributed by atoms with Crippen LogP contribution >= 0.6 is 0 Å². The van der Waals surface area contributed by atoms with Crippen LogP contribution in [0.4, 0.5) is 11.6 Å². The number of nitrogens with zero attached hydrogens (tertiary/aromatic N) is 5. The van der Waals surface area contributed by atoms with E-state index in [-0.39, 0.29) is 0 Å². The van der Waals surface area contributed by atoms with Crippen LogP contribution in [0.2, 0.25) is 0 Å². The summed E-state index contributed by atoms with van der Waals surface area (Å²) >= 11 is 0. The van der Waals surface area contributed by atoms with E-state index in [1.54, 1.807) is 14.2 Å². The molecule has 0 saturated carbocycles. The molecule has 1 unspecified atom stereocenters. The molecule has 10 heteroatoms. The first kappa shape index (κ1) is 29.3. The maximum atomic E-state index is 6.07. The molecule has 2 aliphatic carbocycles. The second-order valence-electron chi connectivity index (χ2n) is 10.5.